The number of morpholine rings is 1. The van der Waals surface area contributed by atoms with Crippen molar-refractivity contribution in [3.8, 4) is 0 Å². The van der Waals surface area contributed by atoms with Crippen molar-refractivity contribution in [2.75, 3.05) is 44.3 Å². The number of hydrogen-bond acceptors (Lipinski definition) is 5. The summed E-state index contributed by atoms with van der Waals surface area (Å²) < 4.78 is 5.40. The number of para-hydroxylation sites is 1. The molecular formula is C24H27N3O4. The first-order valence-corrected chi connectivity index (χ1v) is 10.6. The lowest BCUT2D eigenvalue weighted by molar-refractivity contribution is -0.122. The number of anilines is 1. The van der Waals surface area contributed by atoms with E-state index in [0.717, 1.165) is 18.7 Å². The molecule has 7 heteroatoms. The average molecular weight is 421 g/mol. The molecule has 162 valence electrons. The molecule has 7 nitrogen and oxygen atoms in total. The van der Waals surface area contributed by atoms with Gasteiger partial charge in [0.25, 0.3) is 11.8 Å². The van der Waals surface area contributed by atoms with Crippen molar-refractivity contribution in [2.45, 2.75) is 19.4 Å². The lowest BCUT2D eigenvalue weighted by atomic mass is 10.1. The smallest absolute Gasteiger partial charge is 0.257 e. The van der Waals surface area contributed by atoms with E-state index in [1.165, 1.54) is 4.90 Å². The van der Waals surface area contributed by atoms with Crippen LogP contribution in [0.25, 0.3) is 0 Å². The third-order valence-electron chi connectivity index (χ3n) is 5.80. The van der Waals surface area contributed by atoms with Crippen LogP contribution in [-0.2, 0) is 14.3 Å². The highest BCUT2D eigenvalue weighted by Crippen LogP contribution is 2.26. The minimum Gasteiger partial charge on any atom is -0.379 e. The van der Waals surface area contributed by atoms with Crippen LogP contribution in [0.1, 0.15) is 22.3 Å². The maximum Gasteiger partial charge on any atom is 0.257 e. The fourth-order valence-electron chi connectivity index (χ4n) is 4.12. The Hall–Kier alpha value is -3.03. The summed E-state index contributed by atoms with van der Waals surface area (Å²) >= 11 is 0. The highest BCUT2D eigenvalue weighted by molar-refractivity contribution is 6.23. The van der Waals surface area contributed by atoms with Crippen molar-refractivity contribution in [3.63, 3.8) is 0 Å². The molecule has 2 aromatic carbocycles. The van der Waals surface area contributed by atoms with E-state index in [1.807, 2.05) is 31.2 Å². The van der Waals surface area contributed by atoms with Gasteiger partial charge in [-0.25, -0.2) is 4.90 Å². The fraction of sp³-hybridized carbons (Fsp3) is 0.375. The van der Waals surface area contributed by atoms with Gasteiger partial charge in [-0.15, -0.1) is 0 Å². The Morgan fingerprint density at radius 3 is 2.52 bits per heavy atom. The van der Waals surface area contributed by atoms with E-state index in [1.54, 1.807) is 35.2 Å². The van der Waals surface area contributed by atoms with Gasteiger partial charge in [0.05, 0.1) is 25.3 Å². The van der Waals surface area contributed by atoms with Crippen molar-refractivity contribution < 1.29 is 19.1 Å². The lowest BCUT2D eigenvalue weighted by Crippen LogP contribution is -2.49. The average Bonchev–Trinajstić information content (AvgIpc) is 3.08. The molecule has 0 saturated carbocycles. The summed E-state index contributed by atoms with van der Waals surface area (Å²) in [6.45, 7) is 5.84. The maximum absolute atomic E-state index is 13.5. The Bertz CT molecular complexity index is 956. The number of hydrogen-bond donors (Lipinski definition) is 0. The van der Waals surface area contributed by atoms with Crippen LogP contribution < -0.4 is 4.90 Å². The largest absolute Gasteiger partial charge is 0.379 e. The third kappa shape index (κ3) is 4.68. The Morgan fingerprint density at radius 2 is 1.81 bits per heavy atom. The summed E-state index contributed by atoms with van der Waals surface area (Å²) in [4.78, 5) is 44.5. The summed E-state index contributed by atoms with van der Waals surface area (Å²) in [5.41, 5.74) is 2.04. The van der Waals surface area contributed by atoms with E-state index in [4.69, 9.17) is 4.74 Å². The zero-order chi connectivity index (χ0) is 21.8. The second-order valence-electron chi connectivity index (χ2n) is 7.94. The van der Waals surface area contributed by atoms with Gasteiger partial charge in [-0.1, -0.05) is 35.9 Å². The molecule has 2 fully saturated rings. The zero-order valence-corrected chi connectivity index (χ0v) is 17.7. The molecule has 31 heavy (non-hydrogen) atoms. The molecule has 2 aliphatic heterocycles. The number of carbonyl (C=O) groups is 3. The number of amides is 3. The summed E-state index contributed by atoms with van der Waals surface area (Å²) in [5.74, 6) is -0.855. The monoisotopic (exact) mass is 421 g/mol. The number of carbonyl (C=O) groups excluding carboxylic acids is 3. The van der Waals surface area contributed by atoms with Gasteiger partial charge in [-0.3, -0.25) is 19.3 Å². The predicted octanol–water partition coefficient (Wildman–Crippen LogP) is 2.10. The number of rotatable bonds is 6. The first-order valence-electron chi connectivity index (χ1n) is 10.6. The van der Waals surface area contributed by atoms with E-state index in [-0.39, 0.29) is 24.1 Å². The first kappa shape index (κ1) is 21.2. The van der Waals surface area contributed by atoms with Crippen molar-refractivity contribution in [1.29, 1.82) is 0 Å². The molecule has 2 saturated heterocycles. The van der Waals surface area contributed by atoms with Crippen molar-refractivity contribution in [3.05, 3.63) is 65.7 Å². The van der Waals surface area contributed by atoms with Gasteiger partial charge in [0.1, 0.15) is 6.04 Å². The second kappa shape index (κ2) is 9.41. The van der Waals surface area contributed by atoms with E-state index in [2.05, 4.69) is 4.90 Å². The Balaban J connectivity index is 1.59. The molecule has 3 amide bonds. The van der Waals surface area contributed by atoms with Crippen LogP contribution in [0.2, 0.25) is 0 Å². The maximum atomic E-state index is 13.5. The number of benzene rings is 2. The molecule has 4 rings (SSSR count). The quantitative estimate of drug-likeness (QED) is 0.668. The normalized spacial score (nSPS) is 19.6. The zero-order valence-electron chi connectivity index (χ0n) is 17.7. The van der Waals surface area contributed by atoms with Crippen LogP contribution in [-0.4, -0.2) is 73.0 Å². The molecular weight excluding hydrogens is 394 g/mol. The molecule has 0 N–H and O–H groups in total. The molecule has 2 aromatic rings. The number of nitrogens with zero attached hydrogens (tertiary/aromatic N) is 3. The van der Waals surface area contributed by atoms with Crippen molar-refractivity contribution >= 4 is 23.4 Å². The highest BCUT2D eigenvalue weighted by atomic mass is 16.5. The van der Waals surface area contributed by atoms with Gasteiger partial charge in [0.15, 0.2) is 0 Å². The SMILES string of the molecule is Cc1cccc(C(=O)N(CCN2CCOCC2)C2CC(=O)N(c3ccccc3)C2=O)c1. The van der Waals surface area contributed by atoms with Gasteiger partial charge in [0.2, 0.25) is 5.91 Å². The van der Waals surface area contributed by atoms with E-state index in [0.29, 0.717) is 37.6 Å². The number of aryl methyl sites for hydroxylation is 1. The topological polar surface area (TPSA) is 70.2 Å². The van der Waals surface area contributed by atoms with Gasteiger partial charge in [-0.05, 0) is 31.2 Å². The molecule has 2 aliphatic rings. The molecule has 0 spiro atoms. The molecule has 0 aromatic heterocycles. The van der Waals surface area contributed by atoms with Crippen LogP contribution in [0.15, 0.2) is 54.6 Å². The van der Waals surface area contributed by atoms with Gasteiger partial charge in [-0.2, -0.15) is 0 Å². The predicted molar refractivity (Wildman–Crippen MR) is 117 cm³/mol. The van der Waals surface area contributed by atoms with E-state index < -0.39 is 6.04 Å². The van der Waals surface area contributed by atoms with Gasteiger partial charge >= 0.3 is 0 Å². The summed E-state index contributed by atoms with van der Waals surface area (Å²) in [6, 6.07) is 15.4. The standard InChI is InChI=1S/C24H27N3O4/c1-18-6-5-7-19(16-18)23(29)26(11-10-25-12-14-31-15-13-25)21-17-22(28)27(24(21)30)20-8-3-2-4-9-20/h2-9,16,21H,10-15,17H2,1H3. The number of ether oxygens (including phenoxy) is 1. The van der Waals surface area contributed by atoms with Crippen molar-refractivity contribution in [2.24, 2.45) is 0 Å². The molecule has 0 aliphatic carbocycles. The van der Waals surface area contributed by atoms with Gasteiger partial charge < -0.3 is 9.64 Å². The van der Waals surface area contributed by atoms with E-state index in [9.17, 15) is 14.4 Å². The summed E-state index contributed by atoms with van der Waals surface area (Å²) in [7, 11) is 0. The molecule has 0 radical (unpaired) electrons. The molecule has 2 heterocycles. The fourth-order valence-corrected chi connectivity index (χ4v) is 4.12. The van der Waals surface area contributed by atoms with E-state index >= 15 is 0 Å². The van der Waals surface area contributed by atoms with Crippen molar-refractivity contribution in [1.82, 2.24) is 9.80 Å². The van der Waals surface area contributed by atoms with Crippen LogP contribution in [0.4, 0.5) is 5.69 Å². The summed E-state index contributed by atoms with van der Waals surface area (Å²) in [6.07, 6.45) is -0.00556. The van der Waals surface area contributed by atoms with Crippen LogP contribution in [0, 0.1) is 6.92 Å². The summed E-state index contributed by atoms with van der Waals surface area (Å²) in [5, 5.41) is 0. The van der Waals surface area contributed by atoms with Gasteiger partial charge in [0, 0.05) is 31.7 Å². The Morgan fingerprint density at radius 1 is 1.06 bits per heavy atom. The highest BCUT2D eigenvalue weighted by Gasteiger charge is 2.44. The molecule has 1 unspecified atom stereocenters. The minimum absolute atomic E-state index is 0.00556. The molecule has 1 atom stereocenters. The first-order chi connectivity index (χ1) is 15.0. The minimum atomic E-state index is -0.804. The van der Waals surface area contributed by atoms with Crippen LogP contribution >= 0.6 is 0 Å². The second-order valence-corrected chi connectivity index (χ2v) is 7.94. The van der Waals surface area contributed by atoms with Crippen LogP contribution in [0.5, 0.6) is 0 Å². The Kier molecular flexibility index (Phi) is 6.44. The third-order valence-corrected chi connectivity index (χ3v) is 5.80. The lowest BCUT2D eigenvalue weighted by Gasteiger charge is -2.32. The Labute approximate surface area is 182 Å². The molecule has 0 bridgehead atoms. The number of imide groups is 1. The van der Waals surface area contributed by atoms with Crippen LogP contribution in [0.3, 0.4) is 0 Å².